The number of nitrogens with one attached hydrogen (secondary N) is 1. The lowest BCUT2D eigenvalue weighted by atomic mass is 10.1. The number of ether oxygens (including phenoxy) is 1. The fourth-order valence-corrected chi connectivity index (χ4v) is 2.58. The van der Waals surface area contributed by atoms with Gasteiger partial charge in [-0.05, 0) is 31.4 Å². The Morgan fingerprint density at radius 3 is 3.05 bits per heavy atom. The van der Waals surface area contributed by atoms with Crippen LogP contribution in [-0.2, 0) is 9.53 Å². The number of carbonyl (C=O) groups excluding carboxylic acids is 1. The van der Waals surface area contributed by atoms with Crippen LogP contribution >= 0.6 is 0 Å². The third kappa shape index (κ3) is 2.96. The summed E-state index contributed by atoms with van der Waals surface area (Å²) in [5.74, 6) is -0.00458. The van der Waals surface area contributed by atoms with Crippen LogP contribution in [-0.4, -0.2) is 23.6 Å². The lowest BCUT2D eigenvalue weighted by Gasteiger charge is -2.22. The minimum Gasteiger partial charge on any atom is -0.378 e. The Labute approximate surface area is 118 Å². The predicted molar refractivity (Wildman–Crippen MR) is 78.6 cm³/mol. The van der Waals surface area contributed by atoms with Crippen LogP contribution in [0.2, 0.25) is 0 Å². The molecule has 1 atom stereocenters. The molecule has 0 aliphatic carbocycles. The first-order chi connectivity index (χ1) is 9.83. The number of carbonyl (C=O) groups is 1. The Morgan fingerprint density at radius 1 is 1.30 bits per heavy atom. The van der Waals surface area contributed by atoms with Gasteiger partial charge in [0.15, 0.2) is 0 Å². The van der Waals surface area contributed by atoms with Gasteiger partial charge in [-0.1, -0.05) is 18.2 Å². The molecule has 4 nitrogen and oxygen atoms in total. The van der Waals surface area contributed by atoms with Crippen LogP contribution < -0.4 is 5.32 Å². The van der Waals surface area contributed by atoms with Gasteiger partial charge in [-0.2, -0.15) is 0 Å². The molecule has 1 saturated heterocycles. The zero-order chi connectivity index (χ0) is 13.8. The minimum absolute atomic E-state index is 0.00458. The van der Waals surface area contributed by atoms with Crippen molar-refractivity contribution in [3.05, 3.63) is 36.5 Å². The molecule has 0 radical (unpaired) electrons. The second kappa shape index (κ2) is 6.01. The van der Waals surface area contributed by atoms with E-state index in [1.807, 2.05) is 30.3 Å². The van der Waals surface area contributed by atoms with E-state index >= 15 is 0 Å². The topological polar surface area (TPSA) is 51.2 Å². The number of amides is 1. The maximum atomic E-state index is 12.1. The van der Waals surface area contributed by atoms with E-state index in [0.29, 0.717) is 6.42 Å². The fraction of sp³-hybridized carbons (Fsp3) is 0.375. The number of para-hydroxylation sites is 1. The zero-order valence-corrected chi connectivity index (χ0v) is 11.3. The summed E-state index contributed by atoms with van der Waals surface area (Å²) < 4.78 is 5.60. The SMILES string of the molecule is O=C(CC1CCCCO1)Nc1cccc2cccnc12. The van der Waals surface area contributed by atoms with Crippen LogP contribution in [0.3, 0.4) is 0 Å². The molecule has 1 amide bonds. The molecular weight excluding hydrogens is 252 g/mol. The Kier molecular flexibility index (Phi) is 3.92. The molecule has 1 aromatic carbocycles. The highest BCUT2D eigenvalue weighted by Gasteiger charge is 2.18. The minimum atomic E-state index is -0.00458. The zero-order valence-electron chi connectivity index (χ0n) is 11.3. The van der Waals surface area contributed by atoms with Gasteiger partial charge in [-0.15, -0.1) is 0 Å². The third-order valence-electron chi connectivity index (χ3n) is 3.59. The van der Waals surface area contributed by atoms with Crippen molar-refractivity contribution >= 4 is 22.5 Å². The molecule has 2 heterocycles. The van der Waals surface area contributed by atoms with Gasteiger partial charge < -0.3 is 10.1 Å². The van der Waals surface area contributed by atoms with Gasteiger partial charge in [-0.25, -0.2) is 0 Å². The highest BCUT2D eigenvalue weighted by Crippen LogP contribution is 2.22. The average molecular weight is 270 g/mol. The van der Waals surface area contributed by atoms with Crippen molar-refractivity contribution in [1.82, 2.24) is 4.98 Å². The van der Waals surface area contributed by atoms with Gasteiger partial charge in [-0.3, -0.25) is 9.78 Å². The van der Waals surface area contributed by atoms with Crippen LogP contribution in [0.1, 0.15) is 25.7 Å². The molecule has 20 heavy (non-hydrogen) atoms. The number of anilines is 1. The molecule has 1 N–H and O–H groups in total. The summed E-state index contributed by atoms with van der Waals surface area (Å²) in [5.41, 5.74) is 1.59. The number of benzene rings is 1. The van der Waals surface area contributed by atoms with Crippen molar-refractivity contribution in [2.45, 2.75) is 31.8 Å². The first-order valence-corrected chi connectivity index (χ1v) is 7.08. The molecule has 104 valence electrons. The number of hydrogen-bond acceptors (Lipinski definition) is 3. The molecule has 0 spiro atoms. The molecule has 1 aliphatic heterocycles. The van der Waals surface area contributed by atoms with E-state index in [1.165, 1.54) is 0 Å². The third-order valence-corrected chi connectivity index (χ3v) is 3.59. The van der Waals surface area contributed by atoms with E-state index in [9.17, 15) is 4.79 Å². The summed E-state index contributed by atoms with van der Waals surface area (Å²) in [5, 5.41) is 3.98. The molecule has 1 aliphatic rings. The number of pyridine rings is 1. The van der Waals surface area contributed by atoms with Gasteiger partial charge >= 0.3 is 0 Å². The van der Waals surface area contributed by atoms with Crippen molar-refractivity contribution < 1.29 is 9.53 Å². The van der Waals surface area contributed by atoms with Crippen molar-refractivity contribution in [2.75, 3.05) is 11.9 Å². The summed E-state index contributed by atoms with van der Waals surface area (Å²) in [6.45, 7) is 0.772. The van der Waals surface area contributed by atoms with Gasteiger partial charge in [0.1, 0.15) is 0 Å². The lowest BCUT2D eigenvalue weighted by molar-refractivity contribution is -0.119. The van der Waals surface area contributed by atoms with Crippen LogP contribution in [0, 0.1) is 0 Å². The second-order valence-corrected chi connectivity index (χ2v) is 5.12. The summed E-state index contributed by atoms with van der Waals surface area (Å²) >= 11 is 0. The van der Waals surface area contributed by atoms with E-state index in [-0.39, 0.29) is 12.0 Å². The quantitative estimate of drug-likeness (QED) is 0.932. The van der Waals surface area contributed by atoms with E-state index in [0.717, 1.165) is 42.5 Å². The molecule has 1 aromatic heterocycles. The van der Waals surface area contributed by atoms with E-state index in [2.05, 4.69) is 10.3 Å². The highest BCUT2D eigenvalue weighted by atomic mass is 16.5. The molecule has 2 aromatic rings. The van der Waals surface area contributed by atoms with E-state index in [4.69, 9.17) is 4.74 Å². The molecular formula is C16H18N2O2. The summed E-state index contributed by atoms with van der Waals surface area (Å²) in [6.07, 6.45) is 5.44. The first-order valence-electron chi connectivity index (χ1n) is 7.08. The lowest BCUT2D eigenvalue weighted by Crippen LogP contribution is -2.25. The standard InChI is InChI=1S/C16H18N2O2/c19-15(11-13-7-1-2-10-20-13)18-14-8-3-5-12-6-4-9-17-16(12)14/h3-6,8-9,13H,1-2,7,10-11H2,(H,18,19). The maximum absolute atomic E-state index is 12.1. The Bertz CT molecular complexity index is 601. The molecule has 1 fully saturated rings. The maximum Gasteiger partial charge on any atom is 0.227 e. The number of nitrogens with zero attached hydrogens (tertiary/aromatic N) is 1. The normalized spacial score (nSPS) is 18.9. The van der Waals surface area contributed by atoms with Gasteiger partial charge in [0.05, 0.1) is 23.7 Å². The fourth-order valence-electron chi connectivity index (χ4n) is 2.58. The summed E-state index contributed by atoms with van der Waals surface area (Å²) in [4.78, 5) is 16.4. The first kappa shape index (κ1) is 13.1. The Morgan fingerprint density at radius 2 is 2.20 bits per heavy atom. The Balaban J connectivity index is 1.71. The highest BCUT2D eigenvalue weighted by molar-refractivity contribution is 6.00. The van der Waals surface area contributed by atoms with Gasteiger partial charge in [0, 0.05) is 18.2 Å². The number of hydrogen-bond donors (Lipinski definition) is 1. The van der Waals surface area contributed by atoms with Crippen LogP contribution in [0.25, 0.3) is 10.9 Å². The van der Waals surface area contributed by atoms with Crippen molar-refractivity contribution in [3.63, 3.8) is 0 Å². The van der Waals surface area contributed by atoms with Crippen LogP contribution in [0.5, 0.6) is 0 Å². The molecule has 0 saturated carbocycles. The van der Waals surface area contributed by atoms with Crippen molar-refractivity contribution in [3.8, 4) is 0 Å². The molecule has 3 rings (SSSR count). The molecule has 1 unspecified atom stereocenters. The van der Waals surface area contributed by atoms with Crippen molar-refractivity contribution in [1.29, 1.82) is 0 Å². The molecule has 0 bridgehead atoms. The van der Waals surface area contributed by atoms with Crippen LogP contribution in [0.4, 0.5) is 5.69 Å². The Hall–Kier alpha value is -1.94. The van der Waals surface area contributed by atoms with E-state index < -0.39 is 0 Å². The number of rotatable bonds is 3. The van der Waals surface area contributed by atoms with Crippen LogP contribution in [0.15, 0.2) is 36.5 Å². The largest absolute Gasteiger partial charge is 0.378 e. The monoisotopic (exact) mass is 270 g/mol. The smallest absolute Gasteiger partial charge is 0.227 e. The van der Waals surface area contributed by atoms with Gasteiger partial charge in [0.2, 0.25) is 5.91 Å². The number of aromatic nitrogens is 1. The van der Waals surface area contributed by atoms with Gasteiger partial charge in [0.25, 0.3) is 0 Å². The van der Waals surface area contributed by atoms with Crippen molar-refractivity contribution in [2.24, 2.45) is 0 Å². The second-order valence-electron chi connectivity index (χ2n) is 5.12. The average Bonchev–Trinajstić information content (AvgIpc) is 2.48. The van der Waals surface area contributed by atoms with E-state index in [1.54, 1.807) is 6.20 Å². The number of fused-ring (bicyclic) bond motifs is 1. The summed E-state index contributed by atoms with van der Waals surface area (Å²) in [7, 11) is 0. The summed E-state index contributed by atoms with van der Waals surface area (Å²) in [6, 6.07) is 9.68. The molecule has 4 heteroatoms. The predicted octanol–water partition coefficient (Wildman–Crippen LogP) is 3.13.